The summed E-state index contributed by atoms with van der Waals surface area (Å²) < 4.78 is 0. The van der Waals surface area contributed by atoms with Crippen LogP contribution in [0.15, 0.2) is 42.5 Å². The number of hydrogen-bond acceptors (Lipinski definition) is 5. The highest BCUT2D eigenvalue weighted by atomic mass is 16.1. The van der Waals surface area contributed by atoms with Gasteiger partial charge in [-0.2, -0.15) is 0 Å². The number of aryl methyl sites for hydroxylation is 2. The lowest BCUT2D eigenvalue weighted by atomic mass is 9.97. The number of amides is 1. The average Bonchev–Trinajstić information content (AvgIpc) is 2.81. The lowest BCUT2D eigenvalue weighted by Crippen LogP contribution is -2.46. The van der Waals surface area contributed by atoms with Crippen LogP contribution in [0.2, 0.25) is 0 Å². The predicted molar refractivity (Wildman–Crippen MR) is 127 cm³/mol. The molecule has 1 aromatic carbocycles. The summed E-state index contributed by atoms with van der Waals surface area (Å²) in [6.07, 6.45) is 6.15. The van der Waals surface area contributed by atoms with Crippen molar-refractivity contribution < 1.29 is 9.59 Å². The van der Waals surface area contributed by atoms with Gasteiger partial charge in [0.1, 0.15) is 5.82 Å². The van der Waals surface area contributed by atoms with Gasteiger partial charge < -0.3 is 10.6 Å². The van der Waals surface area contributed by atoms with Gasteiger partial charge in [0.25, 0.3) is 0 Å². The van der Waals surface area contributed by atoms with Crippen LogP contribution in [0.3, 0.4) is 0 Å². The van der Waals surface area contributed by atoms with Crippen LogP contribution in [-0.2, 0) is 22.4 Å². The zero-order chi connectivity index (χ0) is 22.3. The number of piperidine rings is 1. The van der Waals surface area contributed by atoms with Crippen LogP contribution >= 0.6 is 0 Å². The number of carbonyl (C=O) groups is 2. The molecule has 3 heterocycles. The zero-order valence-electron chi connectivity index (χ0n) is 19.0. The highest BCUT2D eigenvalue weighted by Crippen LogP contribution is 2.26. The van der Waals surface area contributed by atoms with Gasteiger partial charge in [0.15, 0.2) is 5.78 Å². The fourth-order valence-electron chi connectivity index (χ4n) is 4.88. The van der Waals surface area contributed by atoms with Crippen molar-refractivity contribution in [2.75, 3.05) is 25.0 Å². The first-order chi connectivity index (χ1) is 15.6. The van der Waals surface area contributed by atoms with E-state index in [9.17, 15) is 9.59 Å². The van der Waals surface area contributed by atoms with Gasteiger partial charge in [-0.15, -0.1) is 0 Å². The summed E-state index contributed by atoms with van der Waals surface area (Å²) in [5.74, 6) is 1.31. The van der Waals surface area contributed by atoms with Crippen LogP contribution in [-0.4, -0.2) is 47.3 Å². The fraction of sp³-hybridized carbons (Fsp3) is 0.500. The second-order valence-corrected chi connectivity index (χ2v) is 9.00. The van der Waals surface area contributed by atoms with Crippen molar-refractivity contribution in [2.24, 2.45) is 0 Å². The summed E-state index contributed by atoms with van der Waals surface area (Å²) in [6.45, 7) is 4.29. The van der Waals surface area contributed by atoms with E-state index in [0.717, 1.165) is 75.2 Å². The highest BCUT2D eigenvalue weighted by Gasteiger charge is 2.29. The molecular weight excluding hydrogens is 400 g/mol. The number of nitrogens with one attached hydrogen (secondary N) is 2. The third kappa shape index (κ3) is 5.74. The molecule has 1 saturated heterocycles. The number of fused-ring (bicyclic) bond motifs is 1. The summed E-state index contributed by atoms with van der Waals surface area (Å²) in [5, 5.41) is 6.57. The van der Waals surface area contributed by atoms with E-state index in [1.807, 2.05) is 30.3 Å². The second kappa shape index (κ2) is 10.7. The van der Waals surface area contributed by atoms with E-state index in [2.05, 4.69) is 27.7 Å². The molecule has 2 N–H and O–H groups in total. The maximum Gasteiger partial charge on any atom is 0.220 e. The SMILES string of the molecule is CC(=O)[C@@H](c1ccccc1)N1CCC(NC(=O)CCCc2ccc3c(n2)NCCC3)CC1. The summed E-state index contributed by atoms with van der Waals surface area (Å²) >= 11 is 0. The molecule has 1 atom stereocenters. The van der Waals surface area contributed by atoms with E-state index in [1.54, 1.807) is 6.92 Å². The van der Waals surface area contributed by atoms with Crippen molar-refractivity contribution >= 4 is 17.5 Å². The minimum absolute atomic E-state index is 0.116. The first-order valence-corrected chi connectivity index (χ1v) is 11.9. The van der Waals surface area contributed by atoms with Crippen molar-refractivity contribution in [1.82, 2.24) is 15.2 Å². The Morgan fingerprint density at radius 1 is 1.16 bits per heavy atom. The lowest BCUT2D eigenvalue weighted by molar-refractivity contribution is -0.124. The molecule has 6 nitrogen and oxygen atoms in total. The predicted octanol–water partition coefficient (Wildman–Crippen LogP) is 3.67. The topological polar surface area (TPSA) is 74.3 Å². The number of likely N-dealkylation sites (tertiary alicyclic amines) is 1. The van der Waals surface area contributed by atoms with Gasteiger partial charge in [0, 0.05) is 37.8 Å². The fourth-order valence-corrected chi connectivity index (χ4v) is 4.88. The van der Waals surface area contributed by atoms with Crippen molar-refractivity contribution in [3.8, 4) is 0 Å². The number of benzene rings is 1. The molecule has 0 bridgehead atoms. The Morgan fingerprint density at radius 3 is 2.69 bits per heavy atom. The normalized spacial score (nSPS) is 17.8. The first kappa shape index (κ1) is 22.5. The number of ketones is 1. The first-order valence-electron chi connectivity index (χ1n) is 11.9. The molecule has 1 aromatic heterocycles. The molecule has 2 aliphatic heterocycles. The Balaban J connectivity index is 1.20. The number of rotatable bonds is 8. The summed E-state index contributed by atoms with van der Waals surface area (Å²) in [6, 6.07) is 14.2. The molecule has 2 aromatic rings. The third-order valence-electron chi connectivity index (χ3n) is 6.55. The molecule has 1 fully saturated rings. The van der Waals surface area contributed by atoms with Gasteiger partial charge in [-0.05, 0) is 62.6 Å². The van der Waals surface area contributed by atoms with Crippen molar-refractivity contribution in [2.45, 2.75) is 64.0 Å². The summed E-state index contributed by atoms with van der Waals surface area (Å²) in [5.41, 5.74) is 3.40. The Hall–Kier alpha value is -2.73. The highest BCUT2D eigenvalue weighted by molar-refractivity contribution is 5.83. The standard InChI is InChI=1S/C26H34N4O2/c1-19(31)25(20-7-3-2-4-8-20)30-17-14-23(15-18-30)28-24(32)11-5-10-22-13-12-21-9-6-16-27-26(21)29-22/h2-4,7-8,12-13,23,25H,5-6,9-11,14-18H2,1H3,(H,27,29)(H,28,32)/t25-/m0/s1. The van der Waals surface area contributed by atoms with Gasteiger partial charge in [0.2, 0.25) is 5.91 Å². The van der Waals surface area contributed by atoms with Gasteiger partial charge in [-0.1, -0.05) is 36.4 Å². The Kier molecular flexibility index (Phi) is 7.53. The van der Waals surface area contributed by atoms with E-state index in [4.69, 9.17) is 4.98 Å². The van der Waals surface area contributed by atoms with Gasteiger partial charge in [0.05, 0.1) is 6.04 Å². The van der Waals surface area contributed by atoms with Crippen molar-refractivity contribution in [3.05, 3.63) is 59.3 Å². The molecule has 6 heteroatoms. The molecule has 4 rings (SSSR count). The molecule has 0 unspecified atom stereocenters. The lowest BCUT2D eigenvalue weighted by Gasteiger charge is -2.37. The molecule has 32 heavy (non-hydrogen) atoms. The van der Waals surface area contributed by atoms with Gasteiger partial charge >= 0.3 is 0 Å². The quantitative estimate of drug-likeness (QED) is 0.663. The van der Waals surface area contributed by atoms with Crippen molar-refractivity contribution in [3.63, 3.8) is 0 Å². The summed E-state index contributed by atoms with van der Waals surface area (Å²) in [4.78, 5) is 31.7. The molecule has 0 aliphatic carbocycles. The molecule has 0 radical (unpaired) electrons. The number of anilines is 1. The molecule has 0 spiro atoms. The number of hydrogen-bond donors (Lipinski definition) is 2. The second-order valence-electron chi connectivity index (χ2n) is 9.00. The van der Waals surface area contributed by atoms with Crippen LogP contribution in [0.4, 0.5) is 5.82 Å². The van der Waals surface area contributed by atoms with E-state index in [1.165, 1.54) is 5.56 Å². The van der Waals surface area contributed by atoms with Gasteiger partial charge in [-0.25, -0.2) is 4.98 Å². The number of nitrogens with zero attached hydrogens (tertiary/aromatic N) is 2. The maximum atomic E-state index is 12.5. The van der Waals surface area contributed by atoms with Crippen LogP contribution in [0, 0.1) is 0 Å². The van der Waals surface area contributed by atoms with Crippen LogP contribution in [0.5, 0.6) is 0 Å². The van der Waals surface area contributed by atoms with Crippen molar-refractivity contribution in [1.29, 1.82) is 0 Å². The number of pyridine rings is 1. The van der Waals surface area contributed by atoms with E-state index in [-0.39, 0.29) is 23.8 Å². The average molecular weight is 435 g/mol. The van der Waals surface area contributed by atoms with Crippen LogP contribution < -0.4 is 10.6 Å². The van der Waals surface area contributed by atoms with E-state index < -0.39 is 0 Å². The van der Waals surface area contributed by atoms with E-state index >= 15 is 0 Å². The minimum Gasteiger partial charge on any atom is -0.370 e. The molecule has 1 amide bonds. The third-order valence-corrected chi connectivity index (χ3v) is 6.55. The zero-order valence-corrected chi connectivity index (χ0v) is 19.0. The Morgan fingerprint density at radius 2 is 1.94 bits per heavy atom. The molecule has 2 aliphatic rings. The monoisotopic (exact) mass is 434 g/mol. The van der Waals surface area contributed by atoms with E-state index in [0.29, 0.717) is 6.42 Å². The molecular formula is C26H34N4O2. The Labute approximate surface area is 190 Å². The molecule has 0 saturated carbocycles. The minimum atomic E-state index is -0.188. The molecule has 170 valence electrons. The number of Topliss-reactive ketones (excluding diaryl/α,β-unsaturated/α-hetero) is 1. The van der Waals surface area contributed by atoms with Crippen LogP contribution in [0.1, 0.15) is 61.9 Å². The smallest absolute Gasteiger partial charge is 0.220 e. The largest absolute Gasteiger partial charge is 0.370 e. The number of aromatic nitrogens is 1. The maximum absolute atomic E-state index is 12.5. The van der Waals surface area contributed by atoms with Crippen LogP contribution in [0.25, 0.3) is 0 Å². The summed E-state index contributed by atoms with van der Waals surface area (Å²) in [7, 11) is 0. The van der Waals surface area contributed by atoms with Gasteiger partial charge in [-0.3, -0.25) is 14.5 Å². The Bertz CT molecular complexity index is 923. The number of carbonyl (C=O) groups excluding carboxylic acids is 2.